The average molecular weight is 397 g/mol. The second-order valence-corrected chi connectivity index (χ2v) is 7.03. The van der Waals surface area contributed by atoms with Crippen molar-refractivity contribution >= 4 is 17.6 Å². The Kier molecular flexibility index (Phi) is 6.08. The van der Waals surface area contributed by atoms with Gasteiger partial charge in [0.25, 0.3) is 0 Å². The van der Waals surface area contributed by atoms with Crippen molar-refractivity contribution in [3.05, 3.63) is 48.5 Å². The Labute approximate surface area is 170 Å². The molecule has 2 aromatic rings. The molecule has 1 atom stereocenters. The van der Waals surface area contributed by atoms with Crippen molar-refractivity contribution in [1.82, 2.24) is 10.2 Å². The van der Waals surface area contributed by atoms with E-state index >= 15 is 0 Å². The molecule has 1 aliphatic heterocycles. The molecule has 0 radical (unpaired) electrons. The molecule has 1 unspecified atom stereocenters. The van der Waals surface area contributed by atoms with Crippen LogP contribution in [-0.4, -0.2) is 60.8 Å². The highest BCUT2D eigenvalue weighted by Crippen LogP contribution is 2.29. The number of ether oxygens (including phenoxy) is 1. The number of piperazine rings is 1. The monoisotopic (exact) mass is 397 g/mol. The number of hydrogen-bond acceptors (Lipinski definition) is 5. The first-order valence-electron chi connectivity index (χ1n) is 9.70. The zero-order chi connectivity index (χ0) is 21.0. The van der Waals surface area contributed by atoms with Gasteiger partial charge < -0.3 is 14.7 Å². The molecule has 0 saturated carbocycles. The van der Waals surface area contributed by atoms with Crippen molar-refractivity contribution in [1.29, 1.82) is 0 Å². The number of benzene rings is 2. The molecule has 7 heteroatoms. The van der Waals surface area contributed by atoms with Gasteiger partial charge in [-0.25, -0.2) is 4.79 Å². The number of likely N-dealkylation sites (N-methyl/N-ethyl adjacent to an activating group) is 1. The minimum atomic E-state index is -1.26. The maximum absolute atomic E-state index is 12.4. The van der Waals surface area contributed by atoms with E-state index in [1.54, 1.807) is 7.05 Å². The third kappa shape index (κ3) is 4.05. The molecule has 0 aromatic heterocycles. The van der Waals surface area contributed by atoms with Crippen LogP contribution >= 0.6 is 0 Å². The fraction of sp³-hybridized carbons (Fsp3) is 0.364. The van der Waals surface area contributed by atoms with Crippen LogP contribution in [0.4, 0.5) is 10.5 Å². The topological polar surface area (TPSA) is 82.1 Å². The molecule has 7 nitrogen and oxygen atoms in total. The van der Waals surface area contributed by atoms with Gasteiger partial charge in [-0.15, -0.1) is 0 Å². The summed E-state index contributed by atoms with van der Waals surface area (Å²) in [5, 5.41) is 12.5. The van der Waals surface area contributed by atoms with Crippen LogP contribution < -0.4 is 15.0 Å². The zero-order valence-electron chi connectivity index (χ0n) is 17.0. The van der Waals surface area contributed by atoms with Gasteiger partial charge >= 0.3 is 6.09 Å². The highest BCUT2D eigenvalue weighted by molar-refractivity contribution is 5.90. The van der Waals surface area contributed by atoms with Gasteiger partial charge in [-0.3, -0.25) is 15.0 Å². The van der Waals surface area contributed by atoms with Gasteiger partial charge in [0.15, 0.2) is 11.4 Å². The van der Waals surface area contributed by atoms with Crippen molar-refractivity contribution in [2.75, 3.05) is 38.2 Å². The van der Waals surface area contributed by atoms with E-state index in [4.69, 9.17) is 4.74 Å². The normalized spacial score (nSPS) is 19.1. The van der Waals surface area contributed by atoms with E-state index in [0.717, 1.165) is 22.6 Å². The van der Waals surface area contributed by atoms with Crippen molar-refractivity contribution < 1.29 is 19.4 Å². The van der Waals surface area contributed by atoms with Crippen LogP contribution in [0.2, 0.25) is 0 Å². The molecule has 1 aliphatic rings. The fourth-order valence-corrected chi connectivity index (χ4v) is 3.82. The van der Waals surface area contributed by atoms with Gasteiger partial charge in [-0.2, -0.15) is 0 Å². The highest BCUT2D eigenvalue weighted by atomic mass is 16.5. The summed E-state index contributed by atoms with van der Waals surface area (Å²) in [4.78, 5) is 27.3. The van der Waals surface area contributed by atoms with E-state index in [0.29, 0.717) is 13.2 Å². The molecule has 0 bridgehead atoms. The smallest absolute Gasteiger partial charge is 0.409 e. The summed E-state index contributed by atoms with van der Waals surface area (Å²) < 4.78 is 5.57. The van der Waals surface area contributed by atoms with Gasteiger partial charge in [-0.1, -0.05) is 24.3 Å². The van der Waals surface area contributed by atoms with E-state index in [9.17, 15) is 14.7 Å². The molecular weight excluding hydrogens is 370 g/mol. The summed E-state index contributed by atoms with van der Waals surface area (Å²) >= 11 is 0. The molecule has 1 fully saturated rings. The number of rotatable bonds is 6. The second kappa shape index (κ2) is 8.53. The first-order valence-corrected chi connectivity index (χ1v) is 9.70. The van der Waals surface area contributed by atoms with Crippen molar-refractivity contribution in [3.8, 4) is 16.9 Å². The summed E-state index contributed by atoms with van der Waals surface area (Å²) in [6, 6.07) is 16.0. The van der Waals surface area contributed by atoms with Gasteiger partial charge in [-0.05, 0) is 56.3 Å². The molecule has 2 aromatic carbocycles. The van der Waals surface area contributed by atoms with Crippen LogP contribution in [-0.2, 0) is 4.79 Å². The first-order chi connectivity index (χ1) is 13.9. The molecular formula is C22H27N3O4. The predicted octanol–water partition coefficient (Wildman–Crippen LogP) is 3.06. The average Bonchev–Trinajstić information content (AvgIpc) is 2.73. The second-order valence-electron chi connectivity index (χ2n) is 7.03. The van der Waals surface area contributed by atoms with Crippen molar-refractivity contribution in [2.24, 2.45) is 0 Å². The molecule has 2 N–H and O–H groups in total. The number of hydrogen-bond donors (Lipinski definition) is 2. The van der Waals surface area contributed by atoms with Crippen LogP contribution in [0.5, 0.6) is 5.75 Å². The van der Waals surface area contributed by atoms with E-state index in [2.05, 4.69) is 5.32 Å². The maximum atomic E-state index is 12.4. The van der Waals surface area contributed by atoms with Crippen molar-refractivity contribution in [3.63, 3.8) is 0 Å². The Morgan fingerprint density at radius 1 is 1.14 bits per heavy atom. The summed E-state index contributed by atoms with van der Waals surface area (Å²) in [6.07, 6.45) is -1.10. The molecule has 1 saturated heterocycles. The highest BCUT2D eigenvalue weighted by Gasteiger charge is 2.47. The van der Waals surface area contributed by atoms with E-state index < -0.39 is 11.8 Å². The Morgan fingerprint density at radius 2 is 1.86 bits per heavy atom. The van der Waals surface area contributed by atoms with Gasteiger partial charge in [0.05, 0.1) is 13.2 Å². The number of carbonyl (C=O) groups excluding carboxylic acids is 1. The number of ketones is 1. The number of nitrogens with one attached hydrogen (secondary N) is 1. The number of anilines is 1. The van der Waals surface area contributed by atoms with Crippen LogP contribution in [0.1, 0.15) is 13.8 Å². The lowest BCUT2D eigenvalue weighted by molar-refractivity contribution is -0.130. The van der Waals surface area contributed by atoms with Crippen LogP contribution in [0.15, 0.2) is 48.5 Å². The molecule has 3 rings (SSSR count). The van der Waals surface area contributed by atoms with Gasteiger partial charge in [0.2, 0.25) is 0 Å². The van der Waals surface area contributed by atoms with E-state index in [1.165, 1.54) is 11.8 Å². The minimum Gasteiger partial charge on any atom is -0.494 e. The SMILES string of the molecule is CCOc1cccc(-c2ccc(N3CCN(C(=O)O)C(NC)(C(C)=O)C3)cc2)c1. The summed E-state index contributed by atoms with van der Waals surface area (Å²) in [6.45, 7) is 5.01. The van der Waals surface area contributed by atoms with Gasteiger partial charge in [0, 0.05) is 18.8 Å². The number of amides is 1. The van der Waals surface area contributed by atoms with E-state index in [-0.39, 0.29) is 18.9 Å². The maximum Gasteiger partial charge on any atom is 0.409 e. The van der Waals surface area contributed by atoms with E-state index in [1.807, 2.05) is 60.4 Å². The lowest BCUT2D eigenvalue weighted by Crippen LogP contribution is -2.73. The van der Waals surface area contributed by atoms with Crippen molar-refractivity contribution in [2.45, 2.75) is 19.5 Å². The number of carbonyl (C=O) groups is 2. The number of nitrogens with zero attached hydrogens (tertiary/aromatic N) is 2. The molecule has 0 spiro atoms. The first kappa shape index (κ1) is 20.7. The number of Topliss-reactive ketones (excluding diaryl/α,β-unsaturated/α-hetero) is 1. The molecule has 1 heterocycles. The molecule has 154 valence electrons. The lowest BCUT2D eigenvalue weighted by atomic mass is 9.99. The minimum absolute atomic E-state index is 0.226. The molecule has 29 heavy (non-hydrogen) atoms. The quantitative estimate of drug-likeness (QED) is 0.780. The summed E-state index contributed by atoms with van der Waals surface area (Å²) in [7, 11) is 1.62. The molecule has 1 amide bonds. The predicted molar refractivity (Wildman–Crippen MR) is 112 cm³/mol. The molecule has 0 aliphatic carbocycles. The van der Waals surface area contributed by atoms with Crippen LogP contribution in [0, 0.1) is 0 Å². The largest absolute Gasteiger partial charge is 0.494 e. The Morgan fingerprint density at radius 3 is 2.45 bits per heavy atom. The summed E-state index contributed by atoms with van der Waals surface area (Å²) in [5.74, 6) is 0.607. The Balaban J connectivity index is 1.84. The summed E-state index contributed by atoms with van der Waals surface area (Å²) in [5.41, 5.74) is 1.81. The third-order valence-corrected chi connectivity index (χ3v) is 5.41. The fourth-order valence-electron chi connectivity index (χ4n) is 3.82. The third-order valence-electron chi connectivity index (χ3n) is 5.41. The number of carboxylic acid groups (broad SMARTS) is 1. The Bertz CT molecular complexity index is 884. The van der Waals surface area contributed by atoms with Crippen LogP contribution in [0.3, 0.4) is 0 Å². The van der Waals surface area contributed by atoms with Crippen LogP contribution in [0.25, 0.3) is 11.1 Å². The van der Waals surface area contributed by atoms with Gasteiger partial charge in [0.1, 0.15) is 5.75 Å². The Hall–Kier alpha value is -3.06. The lowest BCUT2D eigenvalue weighted by Gasteiger charge is -2.48. The standard InChI is InChI=1S/C22H27N3O4/c1-4-29-20-7-5-6-18(14-20)17-8-10-19(11-9-17)24-12-13-25(21(27)28)22(15-24,23-3)16(2)26/h5-11,14,23H,4,12-13,15H2,1-3H3,(H,27,28). The zero-order valence-corrected chi connectivity index (χ0v) is 17.0.